The van der Waals surface area contributed by atoms with E-state index in [0.717, 1.165) is 23.6 Å². The van der Waals surface area contributed by atoms with E-state index >= 15 is 0 Å². The Labute approximate surface area is 118 Å². The molecule has 0 aliphatic carbocycles. The van der Waals surface area contributed by atoms with Crippen LogP contribution in [0.15, 0.2) is 36.4 Å². The van der Waals surface area contributed by atoms with Crippen molar-refractivity contribution in [2.75, 3.05) is 13.2 Å². The van der Waals surface area contributed by atoms with Crippen LogP contribution in [0.5, 0.6) is 11.5 Å². The van der Waals surface area contributed by atoms with Crippen molar-refractivity contribution in [2.24, 2.45) is 0 Å². The summed E-state index contributed by atoms with van der Waals surface area (Å²) in [7, 11) is 0. The minimum Gasteiger partial charge on any atom is -0.504 e. The number of rotatable bonds is 6. The number of fused-ring (bicyclic) bond motifs is 1. The maximum Gasteiger partial charge on any atom is 0.257 e. The van der Waals surface area contributed by atoms with E-state index in [2.05, 4.69) is 12.2 Å². The predicted octanol–water partition coefficient (Wildman–Crippen LogP) is 2.84. The van der Waals surface area contributed by atoms with Gasteiger partial charge in [0.2, 0.25) is 0 Å². The zero-order chi connectivity index (χ0) is 14.4. The van der Waals surface area contributed by atoms with E-state index in [0.29, 0.717) is 12.3 Å². The van der Waals surface area contributed by atoms with Crippen molar-refractivity contribution in [2.45, 2.75) is 19.8 Å². The Morgan fingerprint density at radius 1 is 1.25 bits per heavy atom. The summed E-state index contributed by atoms with van der Waals surface area (Å²) in [6.45, 7) is 2.63. The third-order valence-electron chi connectivity index (χ3n) is 3.04. The summed E-state index contributed by atoms with van der Waals surface area (Å²) in [6.07, 6.45) is 1.99. The molecule has 0 aromatic heterocycles. The molecule has 0 fully saturated rings. The van der Waals surface area contributed by atoms with E-state index in [-0.39, 0.29) is 18.3 Å². The lowest BCUT2D eigenvalue weighted by atomic mass is 10.1. The Hall–Kier alpha value is -2.23. The van der Waals surface area contributed by atoms with Gasteiger partial charge >= 0.3 is 0 Å². The number of nitrogens with one attached hydrogen (secondary N) is 1. The maximum absolute atomic E-state index is 11.5. The minimum atomic E-state index is -0.175. The van der Waals surface area contributed by atoms with E-state index in [4.69, 9.17) is 4.74 Å². The topological polar surface area (TPSA) is 58.6 Å². The van der Waals surface area contributed by atoms with Gasteiger partial charge in [0, 0.05) is 6.54 Å². The van der Waals surface area contributed by atoms with Crippen molar-refractivity contribution in [3.8, 4) is 11.5 Å². The Morgan fingerprint density at radius 2 is 1.95 bits per heavy atom. The third-order valence-corrected chi connectivity index (χ3v) is 3.04. The predicted molar refractivity (Wildman–Crippen MR) is 79.0 cm³/mol. The molecule has 1 amide bonds. The average molecular weight is 273 g/mol. The molecule has 0 saturated carbocycles. The Morgan fingerprint density at radius 3 is 2.65 bits per heavy atom. The number of ether oxygens (including phenoxy) is 1. The van der Waals surface area contributed by atoms with Crippen LogP contribution in [0.4, 0.5) is 0 Å². The van der Waals surface area contributed by atoms with E-state index in [9.17, 15) is 9.90 Å². The van der Waals surface area contributed by atoms with Crippen molar-refractivity contribution in [3.63, 3.8) is 0 Å². The summed E-state index contributed by atoms with van der Waals surface area (Å²) in [6, 6.07) is 11.0. The fourth-order valence-corrected chi connectivity index (χ4v) is 1.92. The molecule has 20 heavy (non-hydrogen) atoms. The van der Waals surface area contributed by atoms with E-state index in [1.54, 1.807) is 12.1 Å². The fourth-order valence-electron chi connectivity index (χ4n) is 1.92. The van der Waals surface area contributed by atoms with Gasteiger partial charge in [-0.15, -0.1) is 0 Å². The first-order chi connectivity index (χ1) is 9.70. The average Bonchev–Trinajstić information content (AvgIpc) is 2.45. The second-order valence-electron chi connectivity index (χ2n) is 4.66. The highest BCUT2D eigenvalue weighted by Gasteiger charge is 2.07. The van der Waals surface area contributed by atoms with E-state index in [1.807, 2.05) is 24.3 Å². The second kappa shape index (κ2) is 6.80. The zero-order valence-corrected chi connectivity index (χ0v) is 11.6. The van der Waals surface area contributed by atoms with Crippen LogP contribution >= 0.6 is 0 Å². The molecule has 0 unspecified atom stereocenters. The first-order valence-electron chi connectivity index (χ1n) is 6.82. The number of phenols is 1. The van der Waals surface area contributed by atoms with E-state index < -0.39 is 0 Å². The molecule has 0 atom stereocenters. The number of aromatic hydroxyl groups is 1. The van der Waals surface area contributed by atoms with Gasteiger partial charge in [-0.05, 0) is 29.3 Å². The molecule has 0 heterocycles. The normalized spacial score (nSPS) is 10.4. The van der Waals surface area contributed by atoms with Crippen LogP contribution < -0.4 is 10.1 Å². The van der Waals surface area contributed by atoms with Crippen LogP contribution in [-0.4, -0.2) is 24.2 Å². The molecule has 106 valence electrons. The Balaban J connectivity index is 1.99. The van der Waals surface area contributed by atoms with Gasteiger partial charge in [0.25, 0.3) is 5.91 Å². The highest BCUT2D eigenvalue weighted by Crippen LogP contribution is 2.31. The van der Waals surface area contributed by atoms with Crippen molar-refractivity contribution < 1.29 is 14.6 Å². The van der Waals surface area contributed by atoms with Crippen molar-refractivity contribution in [1.82, 2.24) is 5.32 Å². The molecule has 0 saturated heterocycles. The molecule has 0 aliphatic rings. The standard InChI is InChI=1S/C16H19NO3/c1-2-3-8-17-16(19)11-20-15-10-13-7-5-4-6-12(13)9-14(15)18/h4-7,9-10,18H,2-3,8,11H2,1H3,(H,17,19). The van der Waals surface area contributed by atoms with Crippen LogP contribution in [-0.2, 0) is 4.79 Å². The number of carbonyl (C=O) groups excluding carboxylic acids is 1. The van der Waals surface area contributed by atoms with E-state index in [1.165, 1.54) is 0 Å². The molecule has 2 rings (SSSR count). The highest BCUT2D eigenvalue weighted by molar-refractivity contribution is 5.86. The monoisotopic (exact) mass is 273 g/mol. The number of hydrogen-bond donors (Lipinski definition) is 2. The molecular formula is C16H19NO3. The summed E-state index contributed by atoms with van der Waals surface area (Å²) >= 11 is 0. The maximum atomic E-state index is 11.5. The lowest BCUT2D eigenvalue weighted by molar-refractivity contribution is -0.123. The number of unbranched alkanes of at least 4 members (excludes halogenated alkanes) is 1. The smallest absolute Gasteiger partial charge is 0.257 e. The lowest BCUT2D eigenvalue weighted by Gasteiger charge is -2.09. The number of hydrogen-bond acceptors (Lipinski definition) is 3. The lowest BCUT2D eigenvalue weighted by Crippen LogP contribution is -2.29. The molecule has 0 radical (unpaired) electrons. The molecule has 0 bridgehead atoms. The minimum absolute atomic E-state index is 0.0464. The van der Waals surface area contributed by atoms with Gasteiger partial charge in [0.05, 0.1) is 0 Å². The summed E-state index contributed by atoms with van der Waals surface area (Å²) in [5.74, 6) is 0.199. The molecular weight excluding hydrogens is 254 g/mol. The van der Waals surface area contributed by atoms with Gasteiger partial charge in [-0.25, -0.2) is 0 Å². The summed E-state index contributed by atoms with van der Waals surface area (Å²) in [4.78, 5) is 11.5. The third kappa shape index (κ3) is 3.63. The van der Waals surface area contributed by atoms with Gasteiger partial charge in [-0.1, -0.05) is 37.6 Å². The van der Waals surface area contributed by atoms with Crippen LogP contribution in [0, 0.1) is 0 Å². The zero-order valence-electron chi connectivity index (χ0n) is 11.6. The summed E-state index contributed by atoms with van der Waals surface area (Å²) in [5, 5.41) is 14.5. The van der Waals surface area contributed by atoms with Crippen LogP contribution in [0.1, 0.15) is 19.8 Å². The Bertz CT molecular complexity index is 595. The van der Waals surface area contributed by atoms with Gasteiger partial charge < -0.3 is 15.2 Å². The molecule has 2 aromatic rings. The summed E-state index contributed by atoms with van der Waals surface area (Å²) in [5.41, 5.74) is 0. The first kappa shape index (κ1) is 14.2. The number of phenolic OH excluding ortho intramolecular Hbond substituents is 1. The second-order valence-corrected chi connectivity index (χ2v) is 4.66. The SMILES string of the molecule is CCCCNC(=O)COc1cc2ccccc2cc1O. The van der Waals surface area contributed by atoms with Crippen LogP contribution in [0.2, 0.25) is 0 Å². The summed E-state index contributed by atoms with van der Waals surface area (Å²) < 4.78 is 5.38. The number of benzene rings is 2. The van der Waals surface area contributed by atoms with Gasteiger partial charge in [-0.2, -0.15) is 0 Å². The van der Waals surface area contributed by atoms with Crippen molar-refractivity contribution in [3.05, 3.63) is 36.4 Å². The molecule has 0 aliphatic heterocycles. The Kier molecular flexibility index (Phi) is 4.82. The van der Waals surface area contributed by atoms with Crippen molar-refractivity contribution in [1.29, 1.82) is 0 Å². The van der Waals surface area contributed by atoms with Crippen LogP contribution in [0.3, 0.4) is 0 Å². The largest absolute Gasteiger partial charge is 0.504 e. The molecule has 4 heteroatoms. The quantitative estimate of drug-likeness (QED) is 0.796. The molecule has 4 nitrogen and oxygen atoms in total. The highest BCUT2D eigenvalue weighted by atomic mass is 16.5. The molecule has 2 N–H and O–H groups in total. The van der Waals surface area contributed by atoms with Gasteiger partial charge in [0.15, 0.2) is 18.1 Å². The first-order valence-corrected chi connectivity index (χ1v) is 6.82. The molecule has 0 spiro atoms. The van der Waals surface area contributed by atoms with Gasteiger partial charge in [0.1, 0.15) is 0 Å². The van der Waals surface area contributed by atoms with Gasteiger partial charge in [-0.3, -0.25) is 4.79 Å². The van der Waals surface area contributed by atoms with Crippen molar-refractivity contribution >= 4 is 16.7 Å². The molecule has 2 aromatic carbocycles. The number of amides is 1. The van der Waals surface area contributed by atoms with Crippen LogP contribution in [0.25, 0.3) is 10.8 Å². The number of carbonyl (C=O) groups is 1. The fraction of sp³-hybridized carbons (Fsp3) is 0.312.